The van der Waals surface area contributed by atoms with E-state index in [1.807, 2.05) is 0 Å². The summed E-state index contributed by atoms with van der Waals surface area (Å²) in [7, 11) is 0. The summed E-state index contributed by atoms with van der Waals surface area (Å²) in [5, 5.41) is 23.4. The highest BCUT2D eigenvalue weighted by atomic mass is 32.1. The summed E-state index contributed by atoms with van der Waals surface area (Å²) in [6.45, 7) is 0.157. The first-order valence-corrected chi connectivity index (χ1v) is 14.5. The number of alkyl halides is 3. The first-order chi connectivity index (χ1) is 20.2. The number of carbonyl (C=O) groups is 1. The lowest BCUT2D eigenvalue weighted by Crippen LogP contribution is -2.45. The molecule has 2 unspecified atom stereocenters. The zero-order chi connectivity index (χ0) is 29.0. The van der Waals surface area contributed by atoms with Crippen LogP contribution in [-0.2, 0) is 11.3 Å². The number of anilines is 1. The second kappa shape index (κ2) is 10.4. The molecular weight excluding hydrogens is 577 g/mol. The van der Waals surface area contributed by atoms with Gasteiger partial charge in [0.1, 0.15) is 22.1 Å². The van der Waals surface area contributed by atoms with Gasteiger partial charge in [-0.15, -0.1) is 29.6 Å². The van der Waals surface area contributed by atoms with Crippen molar-refractivity contribution in [2.24, 2.45) is 0 Å². The van der Waals surface area contributed by atoms with Gasteiger partial charge in [0.2, 0.25) is 0 Å². The molecular formula is C28H25F3N4O6S. The van der Waals surface area contributed by atoms with E-state index < -0.39 is 12.3 Å². The second-order valence-electron chi connectivity index (χ2n) is 10.8. The summed E-state index contributed by atoms with van der Waals surface area (Å²) in [6.07, 6.45) is 0.210. The van der Waals surface area contributed by atoms with Crippen molar-refractivity contribution in [2.45, 2.75) is 75.6 Å². The summed E-state index contributed by atoms with van der Waals surface area (Å²) < 4.78 is 61.6. The fraction of sp³-hybridized carbons (Fsp3) is 0.429. The SMILES string of the molecule is O=C(O)c1cc(-c2nnc(N3C4CCC3CC(OCc3c(-c5ccccc5OC(F)(F)F)noc3C3CC3)C4)o2)cs1. The zero-order valence-corrected chi connectivity index (χ0v) is 22.9. The van der Waals surface area contributed by atoms with Crippen LogP contribution in [0.2, 0.25) is 0 Å². The van der Waals surface area contributed by atoms with E-state index in [1.165, 1.54) is 24.3 Å². The van der Waals surface area contributed by atoms with Gasteiger partial charge >= 0.3 is 18.3 Å². The summed E-state index contributed by atoms with van der Waals surface area (Å²) in [6, 6.07) is 8.06. The number of hydrogen-bond acceptors (Lipinski definition) is 10. The summed E-state index contributed by atoms with van der Waals surface area (Å²) in [5.41, 5.74) is 1.73. The van der Waals surface area contributed by atoms with Crippen LogP contribution in [0.5, 0.6) is 5.75 Å². The Kier molecular flexibility index (Phi) is 6.69. The van der Waals surface area contributed by atoms with E-state index in [9.17, 15) is 23.1 Å². The first kappa shape index (κ1) is 27.0. The summed E-state index contributed by atoms with van der Waals surface area (Å²) in [5.74, 6) is -0.236. The molecule has 42 heavy (non-hydrogen) atoms. The summed E-state index contributed by atoms with van der Waals surface area (Å²) in [4.78, 5) is 13.6. The number of aromatic nitrogens is 3. The number of fused-ring (bicyclic) bond motifs is 2. The first-order valence-electron chi connectivity index (χ1n) is 13.6. The molecule has 3 fully saturated rings. The normalized spacial score (nSPS) is 22.1. The van der Waals surface area contributed by atoms with Crippen LogP contribution in [0.3, 0.4) is 0 Å². The van der Waals surface area contributed by atoms with E-state index in [1.54, 1.807) is 11.4 Å². The molecule has 3 aliphatic rings. The van der Waals surface area contributed by atoms with Crippen LogP contribution in [-0.4, -0.2) is 51.0 Å². The van der Waals surface area contributed by atoms with Crippen molar-refractivity contribution >= 4 is 23.3 Å². The third-order valence-corrected chi connectivity index (χ3v) is 8.90. The Morgan fingerprint density at radius 2 is 1.88 bits per heavy atom. The zero-order valence-electron chi connectivity index (χ0n) is 22.0. The Morgan fingerprint density at radius 3 is 2.57 bits per heavy atom. The van der Waals surface area contributed by atoms with Gasteiger partial charge in [0, 0.05) is 34.5 Å². The molecule has 4 aromatic rings. The molecule has 2 aliphatic heterocycles. The molecule has 1 aliphatic carbocycles. The number of nitrogens with zero attached hydrogens (tertiary/aromatic N) is 4. The lowest BCUT2D eigenvalue weighted by molar-refractivity contribution is -0.274. The fourth-order valence-electron chi connectivity index (χ4n) is 5.99. The maximum atomic E-state index is 13.1. The number of piperidine rings is 1. The maximum Gasteiger partial charge on any atom is 0.573 e. The number of thiophene rings is 1. The van der Waals surface area contributed by atoms with E-state index >= 15 is 0 Å². The van der Waals surface area contributed by atoms with E-state index in [2.05, 4.69) is 25.0 Å². The summed E-state index contributed by atoms with van der Waals surface area (Å²) >= 11 is 1.10. The van der Waals surface area contributed by atoms with Gasteiger partial charge in [0.25, 0.3) is 5.89 Å². The molecule has 5 heterocycles. The van der Waals surface area contributed by atoms with Gasteiger partial charge in [0.05, 0.1) is 18.3 Å². The van der Waals surface area contributed by atoms with Gasteiger partial charge in [-0.2, -0.15) is 0 Å². The van der Waals surface area contributed by atoms with Crippen LogP contribution in [0, 0.1) is 0 Å². The average molecular weight is 603 g/mol. The molecule has 2 bridgehead atoms. The standard InChI is InChI=1S/C28H25F3N4O6S/c29-28(30,31)40-21-4-2-1-3-19(21)23-20(24(41-34-23)14-5-6-14)12-38-18-10-16-7-8-17(11-18)35(16)27-33-32-25(39-27)15-9-22(26(36)37)42-13-15/h1-4,9,13-14,16-18H,5-8,10-12H2,(H,36,37). The smallest absolute Gasteiger partial charge is 0.477 e. The Labute approximate surface area is 241 Å². The number of carboxylic acids is 1. The van der Waals surface area contributed by atoms with Crippen LogP contribution in [0.25, 0.3) is 22.7 Å². The molecule has 14 heteroatoms. The van der Waals surface area contributed by atoms with Gasteiger partial charge < -0.3 is 28.4 Å². The van der Waals surface area contributed by atoms with Crippen molar-refractivity contribution in [1.29, 1.82) is 0 Å². The number of para-hydroxylation sites is 1. The van der Waals surface area contributed by atoms with Crippen molar-refractivity contribution in [3.63, 3.8) is 0 Å². The minimum atomic E-state index is -4.84. The van der Waals surface area contributed by atoms with E-state index in [0.29, 0.717) is 41.4 Å². The van der Waals surface area contributed by atoms with Crippen molar-refractivity contribution in [3.05, 3.63) is 51.9 Å². The van der Waals surface area contributed by atoms with Gasteiger partial charge in [0.15, 0.2) is 0 Å². The lowest BCUT2D eigenvalue weighted by Gasteiger charge is -2.37. The topological polar surface area (TPSA) is 124 Å². The number of benzene rings is 1. The quantitative estimate of drug-likeness (QED) is 0.223. The van der Waals surface area contributed by atoms with E-state index in [0.717, 1.165) is 37.0 Å². The van der Waals surface area contributed by atoms with Gasteiger partial charge in [-0.25, -0.2) is 4.79 Å². The Morgan fingerprint density at radius 1 is 1.12 bits per heavy atom. The predicted molar refractivity (Wildman–Crippen MR) is 142 cm³/mol. The maximum absolute atomic E-state index is 13.1. The average Bonchev–Trinajstić information content (AvgIpc) is 3.29. The van der Waals surface area contributed by atoms with Crippen LogP contribution in [0.1, 0.15) is 65.4 Å². The van der Waals surface area contributed by atoms with Crippen molar-refractivity contribution in [1.82, 2.24) is 15.4 Å². The highest BCUT2D eigenvalue weighted by molar-refractivity contribution is 7.12. The number of aromatic carboxylic acids is 1. The van der Waals surface area contributed by atoms with Crippen LogP contribution in [0.15, 0.2) is 44.7 Å². The molecule has 2 atom stereocenters. The largest absolute Gasteiger partial charge is 0.573 e. The van der Waals surface area contributed by atoms with Crippen molar-refractivity contribution in [2.75, 3.05) is 4.90 Å². The number of halogens is 3. The highest BCUT2D eigenvalue weighted by Gasteiger charge is 2.44. The van der Waals surface area contributed by atoms with Gasteiger partial charge in [-0.3, -0.25) is 0 Å². The molecule has 3 aromatic heterocycles. The van der Waals surface area contributed by atoms with E-state index in [4.69, 9.17) is 13.7 Å². The third-order valence-electron chi connectivity index (χ3n) is 7.98. The van der Waals surface area contributed by atoms with Gasteiger partial charge in [-0.1, -0.05) is 22.4 Å². The number of hydrogen-bond donors (Lipinski definition) is 1. The molecule has 10 nitrogen and oxygen atoms in total. The Bertz CT molecular complexity index is 1600. The third kappa shape index (κ3) is 5.24. The molecule has 220 valence electrons. The molecule has 1 saturated carbocycles. The Hall–Kier alpha value is -3.91. The van der Waals surface area contributed by atoms with Crippen molar-refractivity contribution in [3.8, 4) is 28.5 Å². The van der Waals surface area contributed by atoms with Crippen LogP contribution >= 0.6 is 11.3 Å². The molecule has 1 N–H and O–H groups in total. The fourth-order valence-corrected chi connectivity index (χ4v) is 6.71. The monoisotopic (exact) mass is 602 g/mol. The lowest BCUT2D eigenvalue weighted by atomic mass is 9.99. The predicted octanol–water partition coefficient (Wildman–Crippen LogP) is 6.64. The molecule has 0 radical (unpaired) electrons. The molecule has 0 amide bonds. The molecule has 2 saturated heterocycles. The van der Waals surface area contributed by atoms with E-state index in [-0.39, 0.29) is 52.8 Å². The number of ether oxygens (including phenoxy) is 2. The number of rotatable bonds is 9. The molecule has 7 rings (SSSR count). The Balaban J connectivity index is 1.07. The second-order valence-corrected chi connectivity index (χ2v) is 11.7. The molecule has 0 spiro atoms. The number of carboxylic acid groups (broad SMARTS) is 1. The minimum absolute atomic E-state index is 0.0902. The molecule has 1 aromatic carbocycles. The van der Waals surface area contributed by atoms with Crippen molar-refractivity contribution < 1.29 is 41.5 Å². The van der Waals surface area contributed by atoms with Gasteiger partial charge in [-0.05, 0) is 56.7 Å². The van der Waals surface area contributed by atoms with Crippen LogP contribution < -0.4 is 9.64 Å². The minimum Gasteiger partial charge on any atom is -0.477 e. The van der Waals surface area contributed by atoms with Crippen LogP contribution in [0.4, 0.5) is 19.2 Å². The highest BCUT2D eigenvalue weighted by Crippen LogP contribution is 2.46.